The van der Waals surface area contributed by atoms with Crippen LogP contribution in [0.25, 0.3) is 0 Å². The maximum Gasteiger partial charge on any atom is 0.254 e. The summed E-state index contributed by atoms with van der Waals surface area (Å²) in [4.78, 5) is 30.7. The van der Waals surface area contributed by atoms with Crippen LogP contribution < -0.4 is 5.32 Å². The molecule has 4 unspecified atom stereocenters. The predicted octanol–water partition coefficient (Wildman–Crippen LogP) is 2.53. The first-order valence-electron chi connectivity index (χ1n) is 10.5. The van der Waals surface area contributed by atoms with Crippen molar-refractivity contribution < 1.29 is 9.59 Å². The first-order chi connectivity index (χ1) is 13.2. The Labute approximate surface area is 162 Å². The second kappa shape index (κ2) is 8.01. The fourth-order valence-corrected chi connectivity index (χ4v) is 5.40. The van der Waals surface area contributed by atoms with Gasteiger partial charge in [0.2, 0.25) is 5.91 Å². The zero-order valence-corrected chi connectivity index (χ0v) is 16.3. The molecule has 1 aromatic rings. The standard InChI is InChI=1S/C22H31N3O2/c1-23-14-16-11-12-24(15-16)22(27)20-13-18-9-5-6-10-19(18)25(20)21(26)17-7-3-2-4-8-17/h2-4,7-8,16,18-20,23H,5-6,9-15H2,1H3. The van der Waals surface area contributed by atoms with Gasteiger partial charge in [-0.15, -0.1) is 0 Å². The van der Waals surface area contributed by atoms with Crippen molar-refractivity contribution in [1.82, 2.24) is 15.1 Å². The molecule has 2 amide bonds. The molecule has 2 saturated heterocycles. The van der Waals surface area contributed by atoms with Gasteiger partial charge in [-0.25, -0.2) is 0 Å². The van der Waals surface area contributed by atoms with Gasteiger partial charge in [-0.1, -0.05) is 31.0 Å². The van der Waals surface area contributed by atoms with E-state index in [-0.39, 0.29) is 23.9 Å². The van der Waals surface area contributed by atoms with Gasteiger partial charge in [-0.2, -0.15) is 0 Å². The summed E-state index contributed by atoms with van der Waals surface area (Å²) in [5.74, 6) is 1.22. The van der Waals surface area contributed by atoms with Crippen LogP contribution in [0.5, 0.6) is 0 Å². The lowest BCUT2D eigenvalue weighted by atomic mass is 9.84. The van der Waals surface area contributed by atoms with E-state index in [0.29, 0.717) is 17.4 Å². The molecule has 0 radical (unpaired) electrons. The molecule has 4 rings (SSSR count). The lowest BCUT2D eigenvalue weighted by molar-refractivity contribution is -0.134. The number of nitrogens with zero attached hydrogens (tertiary/aromatic N) is 2. The third kappa shape index (κ3) is 3.62. The van der Waals surface area contributed by atoms with Gasteiger partial charge in [0.25, 0.3) is 5.91 Å². The van der Waals surface area contributed by atoms with E-state index in [2.05, 4.69) is 5.32 Å². The first-order valence-corrected chi connectivity index (χ1v) is 10.5. The molecule has 3 fully saturated rings. The first kappa shape index (κ1) is 18.5. The second-order valence-electron chi connectivity index (χ2n) is 8.44. The van der Waals surface area contributed by atoms with Gasteiger partial charge < -0.3 is 15.1 Å². The summed E-state index contributed by atoms with van der Waals surface area (Å²) in [6, 6.07) is 9.44. The summed E-state index contributed by atoms with van der Waals surface area (Å²) >= 11 is 0. The SMILES string of the molecule is CNCC1CCN(C(=O)C2CC3CCCCC3N2C(=O)c2ccccc2)C1. The Morgan fingerprint density at radius 1 is 1.11 bits per heavy atom. The fraction of sp³-hybridized carbons (Fsp3) is 0.636. The van der Waals surface area contributed by atoms with Gasteiger partial charge >= 0.3 is 0 Å². The Balaban J connectivity index is 1.56. The third-order valence-electron chi connectivity index (χ3n) is 6.72. The summed E-state index contributed by atoms with van der Waals surface area (Å²) < 4.78 is 0. The van der Waals surface area contributed by atoms with Gasteiger partial charge in [0, 0.05) is 24.7 Å². The molecule has 2 aliphatic heterocycles. The second-order valence-corrected chi connectivity index (χ2v) is 8.44. The van der Waals surface area contributed by atoms with Crippen LogP contribution in [0.15, 0.2) is 30.3 Å². The molecule has 1 N–H and O–H groups in total. The van der Waals surface area contributed by atoms with Crippen molar-refractivity contribution in [2.45, 2.75) is 50.6 Å². The van der Waals surface area contributed by atoms with E-state index in [9.17, 15) is 9.59 Å². The number of benzene rings is 1. The maximum absolute atomic E-state index is 13.4. The average molecular weight is 370 g/mol. The lowest BCUT2D eigenvalue weighted by Crippen LogP contribution is -2.50. The van der Waals surface area contributed by atoms with Crippen molar-refractivity contribution >= 4 is 11.8 Å². The van der Waals surface area contributed by atoms with Crippen molar-refractivity contribution in [3.8, 4) is 0 Å². The summed E-state index contributed by atoms with van der Waals surface area (Å²) in [5, 5.41) is 3.23. The van der Waals surface area contributed by atoms with Crippen molar-refractivity contribution in [3.05, 3.63) is 35.9 Å². The molecule has 1 aromatic carbocycles. The summed E-state index contributed by atoms with van der Waals surface area (Å²) in [5.41, 5.74) is 0.705. The van der Waals surface area contributed by atoms with Crippen LogP contribution in [-0.4, -0.2) is 60.4 Å². The van der Waals surface area contributed by atoms with Gasteiger partial charge in [0.05, 0.1) is 0 Å². The molecule has 2 heterocycles. The van der Waals surface area contributed by atoms with Crippen LogP contribution in [0.2, 0.25) is 0 Å². The molecule has 5 heteroatoms. The number of carbonyl (C=O) groups excluding carboxylic acids is 2. The van der Waals surface area contributed by atoms with Crippen molar-refractivity contribution in [2.24, 2.45) is 11.8 Å². The summed E-state index contributed by atoms with van der Waals surface area (Å²) in [6.07, 6.45) is 6.47. The summed E-state index contributed by atoms with van der Waals surface area (Å²) in [7, 11) is 1.96. The highest BCUT2D eigenvalue weighted by Gasteiger charge is 2.49. The number of rotatable bonds is 4. The van der Waals surface area contributed by atoms with Crippen molar-refractivity contribution in [3.63, 3.8) is 0 Å². The Hall–Kier alpha value is -1.88. The Morgan fingerprint density at radius 3 is 2.67 bits per heavy atom. The number of nitrogens with one attached hydrogen (secondary N) is 1. The molecular weight excluding hydrogens is 338 g/mol. The number of hydrogen-bond acceptors (Lipinski definition) is 3. The molecule has 3 aliphatic rings. The minimum Gasteiger partial charge on any atom is -0.341 e. The molecule has 146 valence electrons. The molecule has 4 atom stereocenters. The summed E-state index contributed by atoms with van der Waals surface area (Å²) in [6.45, 7) is 2.59. The molecular formula is C22H31N3O2. The highest BCUT2D eigenvalue weighted by atomic mass is 16.2. The van der Waals surface area contributed by atoms with E-state index in [1.165, 1.54) is 6.42 Å². The number of carbonyl (C=O) groups is 2. The predicted molar refractivity (Wildman–Crippen MR) is 105 cm³/mol. The van der Waals surface area contributed by atoms with Crippen LogP contribution >= 0.6 is 0 Å². The minimum atomic E-state index is -0.279. The maximum atomic E-state index is 13.4. The smallest absolute Gasteiger partial charge is 0.254 e. The zero-order valence-electron chi connectivity index (χ0n) is 16.3. The van der Waals surface area contributed by atoms with Crippen molar-refractivity contribution in [2.75, 3.05) is 26.7 Å². The van der Waals surface area contributed by atoms with Gasteiger partial charge in [0.1, 0.15) is 6.04 Å². The van der Waals surface area contributed by atoms with Crippen LogP contribution in [-0.2, 0) is 4.79 Å². The van der Waals surface area contributed by atoms with E-state index < -0.39 is 0 Å². The van der Waals surface area contributed by atoms with Crippen LogP contribution in [0, 0.1) is 11.8 Å². The zero-order chi connectivity index (χ0) is 18.8. The Bertz CT molecular complexity index is 677. The molecule has 1 aliphatic carbocycles. The van der Waals surface area contributed by atoms with Crippen LogP contribution in [0.3, 0.4) is 0 Å². The normalized spacial score (nSPS) is 30.4. The van der Waals surface area contributed by atoms with Crippen LogP contribution in [0.1, 0.15) is 48.9 Å². The number of fused-ring (bicyclic) bond motifs is 1. The largest absolute Gasteiger partial charge is 0.341 e. The molecule has 0 spiro atoms. The minimum absolute atomic E-state index is 0.0364. The fourth-order valence-electron chi connectivity index (χ4n) is 5.40. The van der Waals surface area contributed by atoms with Crippen LogP contribution in [0.4, 0.5) is 0 Å². The number of hydrogen-bond donors (Lipinski definition) is 1. The topological polar surface area (TPSA) is 52.7 Å². The Kier molecular flexibility index (Phi) is 5.48. The van der Waals surface area contributed by atoms with E-state index in [1.807, 2.05) is 47.2 Å². The molecule has 0 aromatic heterocycles. The quantitative estimate of drug-likeness (QED) is 0.887. The highest BCUT2D eigenvalue weighted by Crippen LogP contribution is 2.41. The van der Waals surface area contributed by atoms with Gasteiger partial charge in [0.15, 0.2) is 0 Å². The molecule has 1 saturated carbocycles. The number of amides is 2. The van der Waals surface area contributed by atoms with Gasteiger partial charge in [-0.3, -0.25) is 9.59 Å². The highest BCUT2D eigenvalue weighted by molar-refractivity contribution is 5.98. The lowest BCUT2D eigenvalue weighted by Gasteiger charge is -2.34. The molecule has 5 nitrogen and oxygen atoms in total. The number of likely N-dealkylation sites (tertiary alicyclic amines) is 2. The Morgan fingerprint density at radius 2 is 1.89 bits per heavy atom. The van der Waals surface area contributed by atoms with E-state index in [0.717, 1.165) is 51.7 Å². The monoisotopic (exact) mass is 369 g/mol. The van der Waals surface area contributed by atoms with E-state index in [4.69, 9.17) is 0 Å². The average Bonchev–Trinajstić information content (AvgIpc) is 3.32. The van der Waals surface area contributed by atoms with Gasteiger partial charge in [-0.05, 0) is 63.2 Å². The molecule has 0 bridgehead atoms. The van der Waals surface area contributed by atoms with Crippen molar-refractivity contribution in [1.29, 1.82) is 0 Å². The van der Waals surface area contributed by atoms with E-state index in [1.54, 1.807) is 0 Å². The third-order valence-corrected chi connectivity index (χ3v) is 6.72. The van der Waals surface area contributed by atoms with E-state index >= 15 is 0 Å². The molecule has 27 heavy (non-hydrogen) atoms.